The summed E-state index contributed by atoms with van der Waals surface area (Å²) >= 11 is 4.69. The lowest BCUT2D eigenvalue weighted by molar-refractivity contribution is -0.280. The van der Waals surface area contributed by atoms with Crippen LogP contribution >= 0.6 is 56.7 Å². The van der Waals surface area contributed by atoms with E-state index in [4.69, 9.17) is 43.4 Å². The van der Waals surface area contributed by atoms with Gasteiger partial charge in [-0.1, -0.05) is 12.1 Å². The van der Waals surface area contributed by atoms with Crippen LogP contribution in [0, 0.1) is 0 Å². The molecule has 1 fully saturated rings. The number of aliphatic hydroxyl groups is 3. The Morgan fingerprint density at radius 2 is 1.52 bits per heavy atom. The minimum Gasteiger partial charge on any atom is -0.506 e. The molecule has 10 atom stereocenters. The molecule has 5 amide bonds. The number of ether oxygens (including phenoxy) is 6. The average molecular weight is 1480 g/mol. The molecule has 10 N–H and O–H groups in total. The maximum atomic E-state index is 15.2. The summed E-state index contributed by atoms with van der Waals surface area (Å²) in [7, 11) is 6.71. The zero-order valence-electron chi connectivity index (χ0n) is 55.4. The predicted octanol–water partition coefficient (Wildman–Crippen LogP) is 4.21. The van der Waals surface area contributed by atoms with Gasteiger partial charge in [-0.05, 0) is 79.5 Å². The first kappa shape index (κ1) is 72.0. The van der Waals surface area contributed by atoms with E-state index >= 15 is 19.2 Å². The molecule has 11 heterocycles. The zero-order chi connectivity index (χ0) is 71.9. The van der Waals surface area contributed by atoms with Crippen molar-refractivity contribution >= 4 is 115 Å². The second-order valence-corrected chi connectivity index (χ2v) is 29.0. The highest BCUT2D eigenvalue weighted by molar-refractivity contribution is 7.14. The minimum atomic E-state index is -1.91. The highest BCUT2D eigenvalue weighted by atomic mass is 32.1. The smallest absolute Gasteiger partial charge is 0.358 e. The molecule has 8 aromatic rings. The number of nitrogens with one attached hydrogen (secondary N) is 5. The van der Waals surface area contributed by atoms with Crippen molar-refractivity contribution in [1.29, 1.82) is 0 Å². The Hall–Kier alpha value is -8.83. The predicted molar refractivity (Wildman–Crippen MR) is 366 cm³/mol. The molecule has 4 aliphatic rings. The molecule has 0 saturated carbocycles. The van der Waals surface area contributed by atoms with E-state index in [0.717, 1.165) is 56.7 Å². The van der Waals surface area contributed by atoms with Crippen molar-refractivity contribution in [2.24, 2.45) is 0 Å². The molecule has 12 bridgehead atoms. The van der Waals surface area contributed by atoms with Crippen molar-refractivity contribution in [2.75, 3.05) is 61.1 Å². The average Bonchev–Trinajstić information content (AvgIpc) is 1.63. The third-order valence-corrected chi connectivity index (χ3v) is 21.7. The van der Waals surface area contributed by atoms with E-state index in [2.05, 4.69) is 41.5 Å². The normalized spacial score (nSPS) is 23.8. The summed E-state index contributed by atoms with van der Waals surface area (Å²) in [5.41, 5.74) is -2.24. The summed E-state index contributed by atoms with van der Waals surface area (Å²) in [6.45, 7) is 5.67. The van der Waals surface area contributed by atoms with Crippen molar-refractivity contribution in [3.8, 4) is 38.4 Å². The number of amides is 5. The number of aromatic hydroxyl groups is 1. The van der Waals surface area contributed by atoms with Gasteiger partial charge in [0.1, 0.15) is 120 Å². The number of aromatic nitrogens is 7. The van der Waals surface area contributed by atoms with Gasteiger partial charge < -0.3 is 90.4 Å². The number of pyridine rings is 1. The fourth-order valence-corrected chi connectivity index (χ4v) is 16.6. The maximum Gasteiger partial charge on any atom is 0.358 e. The highest BCUT2D eigenvalue weighted by Crippen LogP contribution is 2.43. The van der Waals surface area contributed by atoms with Gasteiger partial charge in [0.15, 0.2) is 18.1 Å². The SMILES string of the molecule is CO/C(C)=C1/NC(=O)C(C(C)O)NC(=O)c2csc(n2)-c2cc(O)c(-c3nc(C(=O)NCCCN(C)CCO)cs3)nc2-c2csc(n2)C2COC(=O)c3c4c5c(cccc5n3O)COC(=O)C(OC3CC(C)(O)C(N(C)C)C(C)O3)C(OC4)C(NC(=O)c3csc1n3)c1nc(cs1)C(=O)N2. The lowest BCUT2D eigenvalue weighted by atomic mass is 9.85. The first-order chi connectivity index (χ1) is 48.3. The Labute approximate surface area is 595 Å². The lowest BCUT2D eigenvalue weighted by Crippen LogP contribution is -2.62. The summed E-state index contributed by atoms with van der Waals surface area (Å²) < 4.78 is 38.3. The number of allylic oxidation sites excluding steroid dienone is 1. The van der Waals surface area contributed by atoms with Gasteiger partial charge in [-0.3, -0.25) is 24.0 Å². The number of aliphatic hydroxyl groups excluding tert-OH is 2. The van der Waals surface area contributed by atoms with E-state index in [1.165, 1.54) is 54.6 Å². The van der Waals surface area contributed by atoms with Crippen LogP contribution in [-0.4, -0.2) is 221 Å². The number of likely N-dealkylation sites (N-methyl/N-ethyl adjacent to an activating group) is 2. The number of carbonyl (C=O) groups excluding carboxylic acids is 7. The summed E-state index contributed by atoms with van der Waals surface area (Å²) in [5.74, 6) is -6.72. The Balaban J connectivity index is 1.02. The summed E-state index contributed by atoms with van der Waals surface area (Å²) in [4.78, 5) is 135. The van der Waals surface area contributed by atoms with Crippen LogP contribution in [0.3, 0.4) is 0 Å². The first-order valence-corrected chi connectivity index (χ1v) is 36.0. The minimum absolute atomic E-state index is 0.00674. The van der Waals surface area contributed by atoms with Crippen molar-refractivity contribution in [3.05, 3.63) is 112 Å². The molecule has 37 heteroatoms. The molecule has 101 heavy (non-hydrogen) atoms. The molecule has 0 radical (unpaired) electrons. The standard InChI is InChI=1S/C64H70N14O18S5/c1-27(80)43-56(86)74-44(28(2)91-8)59-70-38(26-99-59)55(85)75-47-49-50(96-41-18-64(4,89)51(76(5)6)29(3)95-41)63(88)93-19-30-11-9-12-39-42(30)32(20-92-49)48(78(39)90)62(87)94-21-33(66-53(83)36-25-101-61(47)71-36)58-67-34(22-98-58)45-31(57-68-37(24-97-57)54(84)73-43)17-40(81)46(72-45)60-69-35(23-100-60)52(82)65-13-10-14-77(7)15-16-79/h9,11-12,17,22-27,29,33,41,43,47,49-51,79-81,89-90H,10,13-16,18-21H2,1-8H3,(H,65,82)(H,66,83)(H,73,84)(H,74,86)(H,75,85)/b44-28+. The fraction of sp³-hybridized carbons (Fsp3) is 0.422. The molecule has 12 rings (SSSR count). The molecule has 0 aliphatic carbocycles. The van der Waals surface area contributed by atoms with E-state index < -0.39 is 133 Å². The van der Waals surface area contributed by atoms with E-state index in [1.807, 2.05) is 11.9 Å². The highest BCUT2D eigenvalue weighted by Gasteiger charge is 2.50. The van der Waals surface area contributed by atoms with Gasteiger partial charge in [0.05, 0.1) is 49.7 Å². The number of fused-ring (bicyclic) bond motifs is 15. The molecule has 32 nitrogen and oxygen atoms in total. The third-order valence-electron chi connectivity index (χ3n) is 17.2. The van der Waals surface area contributed by atoms with Crippen molar-refractivity contribution in [2.45, 2.75) is 114 Å². The van der Waals surface area contributed by atoms with E-state index in [9.17, 15) is 40.0 Å². The third kappa shape index (κ3) is 15.0. The van der Waals surface area contributed by atoms with Crippen LogP contribution in [-0.2, 0) is 51.2 Å². The number of carbonyl (C=O) groups is 7. The monoisotopic (exact) mass is 1480 g/mol. The van der Waals surface area contributed by atoms with Crippen LogP contribution in [0.5, 0.6) is 5.75 Å². The van der Waals surface area contributed by atoms with Gasteiger partial charge in [0, 0.05) is 62.9 Å². The van der Waals surface area contributed by atoms with Gasteiger partial charge in [-0.15, -0.1) is 56.7 Å². The maximum absolute atomic E-state index is 15.2. The molecule has 1 aromatic carbocycles. The van der Waals surface area contributed by atoms with Gasteiger partial charge in [-0.25, -0.2) is 39.5 Å². The zero-order valence-corrected chi connectivity index (χ0v) is 59.4. The second kappa shape index (κ2) is 30.0. The molecule has 0 spiro atoms. The fourth-order valence-electron chi connectivity index (χ4n) is 12.4. The largest absolute Gasteiger partial charge is 0.506 e. The summed E-state index contributed by atoms with van der Waals surface area (Å²) in [6.07, 6.45) is -6.92. The number of nitrogens with zero attached hydrogens (tertiary/aromatic N) is 9. The Morgan fingerprint density at radius 3 is 2.26 bits per heavy atom. The van der Waals surface area contributed by atoms with E-state index in [0.29, 0.717) is 36.3 Å². The van der Waals surface area contributed by atoms with Crippen LogP contribution in [0.4, 0.5) is 0 Å². The Bertz CT molecular complexity index is 4540. The second-order valence-electron chi connectivity index (χ2n) is 24.7. The number of hydrogen-bond donors (Lipinski definition) is 10. The molecule has 7 aromatic heterocycles. The molecular weight excluding hydrogens is 1410 g/mol. The molecule has 10 unspecified atom stereocenters. The first-order valence-electron chi connectivity index (χ1n) is 31.6. The van der Waals surface area contributed by atoms with E-state index in [1.54, 1.807) is 50.4 Å². The summed E-state index contributed by atoms with van der Waals surface area (Å²) in [5, 5.41) is 78.0. The Morgan fingerprint density at radius 1 is 0.842 bits per heavy atom. The quantitative estimate of drug-likeness (QED) is 0.0334. The van der Waals surface area contributed by atoms with Gasteiger partial charge >= 0.3 is 11.9 Å². The van der Waals surface area contributed by atoms with Crippen LogP contribution in [0.1, 0.15) is 131 Å². The number of cyclic esters (lactones) is 2. The molecule has 1 saturated heterocycles. The topological polar surface area (TPSA) is 425 Å². The van der Waals surface area contributed by atoms with Crippen molar-refractivity contribution in [3.63, 3.8) is 0 Å². The molecule has 534 valence electrons. The number of hydrogen-bond acceptors (Lipinski definition) is 31. The Kier molecular flexibility index (Phi) is 21.4. The van der Waals surface area contributed by atoms with Gasteiger partial charge in [-0.2, -0.15) is 4.73 Å². The number of methoxy groups -OCH3 is 1. The van der Waals surface area contributed by atoms with Crippen molar-refractivity contribution < 1.29 is 87.6 Å². The number of rotatable bonds is 13. The van der Waals surface area contributed by atoms with Crippen LogP contribution in [0.15, 0.2) is 56.9 Å². The molecular formula is C64H70N14O18S5. The van der Waals surface area contributed by atoms with Crippen LogP contribution in [0.2, 0.25) is 0 Å². The van der Waals surface area contributed by atoms with E-state index in [-0.39, 0.29) is 111 Å². The van der Waals surface area contributed by atoms with Crippen LogP contribution in [0.25, 0.3) is 49.3 Å². The van der Waals surface area contributed by atoms with Crippen molar-refractivity contribution in [1.82, 2.24) is 71.0 Å². The van der Waals surface area contributed by atoms with Gasteiger partial charge in [0.2, 0.25) is 5.91 Å². The molecule has 4 aliphatic heterocycles. The summed E-state index contributed by atoms with van der Waals surface area (Å²) in [6, 6.07) is 0.797. The van der Waals surface area contributed by atoms with Gasteiger partial charge in [0.25, 0.3) is 23.6 Å². The number of thiazole rings is 5. The number of benzene rings is 1. The number of esters is 2. The lowest BCUT2D eigenvalue weighted by Gasteiger charge is -2.48. The van der Waals surface area contributed by atoms with Crippen LogP contribution < -0.4 is 26.6 Å².